The van der Waals surface area contributed by atoms with Crippen LogP contribution in [0, 0.1) is 5.41 Å². The third-order valence-electron chi connectivity index (χ3n) is 5.01. The fourth-order valence-electron chi connectivity index (χ4n) is 2.47. The average Bonchev–Trinajstić information content (AvgIpc) is 2.53. The number of benzene rings is 1. The van der Waals surface area contributed by atoms with Gasteiger partial charge in [-0.25, -0.2) is 0 Å². The molecule has 4 heteroatoms. The van der Waals surface area contributed by atoms with E-state index in [1.54, 1.807) is 0 Å². The highest BCUT2D eigenvalue weighted by atomic mass is 33.1. The minimum Gasteiger partial charge on any atom is -0.291 e. The van der Waals surface area contributed by atoms with Gasteiger partial charge in [0.1, 0.15) is 0 Å². The summed E-state index contributed by atoms with van der Waals surface area (Å²) >= 11 is 0. The maximum Gasteiger partial charge on any atom is 0.240 e. The number of nitrogens with one attached hydrogen (secondary N) is 1. The van der Waals surface area contributed by atoms with Crippen LogP contribution in [0.2, 0.25) is 0 Å². The molecular formula is C20H35N2S2+. The standard InChI is InChI=1S/C20H34N2S2/c1-8-15-10-16(9-2)12-17(11-15)14-23-24-20(5,6)19(3,4)13-18(21)22-7/h10-12H,8-9,13-14H2,1-7H3,(H2,21,22)/p+1. The van der Waals surface area contributed by atoms with E-state index >= 15 is 0 Å². The molecule has 0 amide bonds. The number of aryl methyl sites for hydroxylation is 2. The summed E-state index contributed by atoms with van der Waals surface area (Å²) in [5.74, 6) is 1.91. The maximum atomic E-state index is 6.03. The van der Waals surface area contributed by atoms with Crippen molar-refractivity contribution < 1.29 is 4.99 Å². The van der Waals surface area contributed by atoms with Crippen molar-refractivity contribution in [2.24, 2.45) is 11.1 Å². The number of amidine groups is 1. The van der Waals surface area contributed by atoms with Crippen molar-refractivity contribution in [3.05, 3.63) is 34.9 Å². The lowest BCUT2D eigenvalue weighted by atomic mass is 9.77. The Morgan fingerprint density at radius 2 is 1.50 bits per heavy atom. The van der Waals surface area contributed by atoms with E-state index in [0.717, 1.165) is 30.9 Å². The van der Waals surface area contributed by atoms with E-state index in [1.165, 1.54) is 16.7 Å². The Morgan fingerprint density at radius 1 is 1.00 bits per heavy atom. The van der Waals surface area contributed by atoms with Gasteiger partial charge in [-0.3, -0.25) is 10.7 Å². The molecule has 0 heterocycles. The molecule has 0 bridgehead atoms. The molecule has 0 aliphatic rings. The van der Waals surface area contributed by atoms with Gasteiger partial charge in [-0.1, -0.05) is 67.5 Å². The molecule has 1 aromatic carbocycles. The van der Waals surface area contributed by atoms with Gasteiger partial charge in [0.2, 0.25) is 5.84 Å². The summed E-state index contributed by atoms with van der Waals surface area (Å²) < 4.78 is 0.134. The van der Waals surface area contributed by atoms with E-state index in [2.05, 4.69) is 64.7 Å². The van der Waals surface area contributed by atoms with Crippen molar-refractivity contribution in [3.8, 4) is 0 Å². The molecule has 1 rings (SSSR count). The summed E-state index contributed by atoms with van der Waals surface area (Å²) in [7, 11) is 5.83. The van der Waals surface area contributed by atoms with Gasteiger partial charge in [-0.15, -0.1) is 0 Å². The molecule has 0 radical (unpaired) electrons. The van der Waals surface area contributed by atoms with Gasteiger partial charge in [0.15, 0.2) is 0 Å². The van der Waals surface area contributed by atoms with Crippen molar-refractivity contribution in [1.29, 1.82) is 0 Å². The van der Waals surface area contributed by atoms with Gasteiger partial charge in [0.25, 0.3) is 0 Å². The third kappa shape index (κ3) is 6.03. The number of nitrogens with two attached hydrogens (primary N) is 1. The Labute approximate surface area is 156 Å². The van der Waals surface area contributed by atoms with Crippen molar-refractivity contribution >= 4 is 27.4 Å². The highest BCUT2D eigenvalue weighted by Crippen LogP contribution is 2.49. The topological polar surface area (TPSA) is 40.0 Å². The van der Waals surface area contributed by atoms with Crippen molar-refractivity contribution in [3.63, 3.8) is 0 Å². The molecule has 1 aromatic rings. The number of rotatable bonds is 9. The normalized spacial score (nSPS) is 13.4. The van der Waals surface area contributed by atoms with Crippen molar-refractivity contribution in [1.82, 2.24) is 0 Å². The Kier molecular flexibility index (Phi) is 8.21. The third-order valence-corrected chi connectivity index (χ3v) is 8.50. The molecule has 3 N–H and O–H groups in total. The van der Waals surface area contributed by atoms with Crippen molar-refractivity contribution in [2.45, 2.75) is 71.3 Å². The average molecular weight is 368 g/mol. The van der Waals surface area contributed by atoms with Crippen LogP contribution < -0.4 is 10.7 Å². The molecule has 0 atom stereocenters. The SMILES string of the molecule is CCc1cc(CC)cc(CSSC(C)(C)C(C)(C)CC(N)=[NH+]C)c1. The Balaban J connectivity index is 2.71. The van der Waals surface area contributed by atoms with Crippen molar-refractivity contribution in [2.75, 3.05) is 7.05 Å². The smallest absolute Gasteiger partial charge is 0.240 e. The van der Waals surface area contributed by atoms with E-state index < -0.39 is 0 Å². The molecule has 0 aromatic heterocycles. The Bertz CT molecular complexity index is 541. The zero-order chi connectivity index (χ0) is 18.4. The van der Waals surface area contributed by atoms with E-state index in [4.69, 9.17) is 5.73 Å². The predicted molar refractivity (Wildman–Crippen MR) is 113 cm³/mol. The van der Waals surface area contributed by atoms with Crippen LogP contribution in [0.25, 0.3) is 0 Å². The monoisotopic (exact) mass is 367 g/mol. The lowest BCUT2D eigenvalue weighted by Gasteiger charge is -2.39. The molecule has 0 saturated heterocycles. The molecule has 0 spiro atoms. The van der Waals surface area contributed by atoms with E-state index in [9.17, 15) is 0 Å². The Morgan fingerprint density at radius 3 is 1.96 bits per heavy atom. The summed E-state index contributed by atoms with van der Waals surface area (Å²) in [5.41, 5.74) is 10.5. The van der Waals surface area contributed by atoms with Gasteiger partial charge >= 0.3 is 0 Å². The molecule has 24 heavy (non-hydrogen) atoms. The van der Waals surface area contributed by atoms with Crippen LogP contribution in [0.15, 0.2) is 18.2 Å². The molecule has 0 aliphatic heterocycles. The first-order valence-corrected chi connectivity index (χ1v) is 11.2. The van der Waals surface area contributed by atoms with Gasteiger partial charge in [-0.05, 0) is 48.8 Å². The summed E-state index contributed by atoms with van der Waals surface area (Å²) in [6, 6.07) is 7.06. The highest BCUT2D eigenvalue weighted by molar-refractivity contribution is 8.76. The van der Waals surface area contributed by atoms with Crippen LogP contribution >= 0.6 is 21.6 Å². The fourth-order valence-corrected chi connectivity index (χ4v) is 5.57. The summed E-state index contributed by atoms with van der Waals surface area (Å²) in [5, 5.41) is 0. The van der Waals surface area contributed by atoms with Crippen LogP contribution in [0.1, 0.15) is 64.7 Å². The first-order chi connectivity index (χ1) is 11.1. The molecule has 136 valence electrons. The molecular weight excluding hydrogens is 332 g/mol. The van der Waals surface area contributed by atoms with E-state index in [1.807, 2.05) is 28.6 Å². The molecule has 0 saturated carbocycles. The second-order valence-electron chi connectivity index (χ2n) is 7.56. The summed E-state index contributed by atoms with van der Waals surface area (Å²) in [6.07, 6.45) is 3.10. The number of hydrogen-bond donors (Lipinski definition) is 2. The number of hydrogen-bond acceptors (Lipinski definition) is 2. The van der Waals surface area contributed by atoms with Crippen LogP contribution in [0.3, 0.4) is 0 Å². The van der Waals surface area contributed by atoms with Gasteiger partial charge in [0, 0.05) is 10.5 Å². The minimum absolute atomic E-state index is 0.123. The van der Waals surface area contributed by atoms with Gasteiger partial charge in [0.05, 0.1) is 13.5 Å². The quantitative estimate of drug-likeness (QED) is 0.394. The summed E-state index contributed by atoms with van der Waals surface area (Å²) in [6.45, 7) is 13.7. The largest absolute Gasteiger partial charge is 0.291 e. The first-order valence-electron chi connectivity index (χ1n) is 8.86. The van der Waals surface area contributed by atoms with Gasteiger partial charge < -0.3 is 0 Å². The second kappa shape index (κ2) is 9.19. The lowest BCUT2D eigenvalue weighted by Crippen LogP contribution is -2.71. The molecule has 0 fully saturated rings. The van der Waals surface area contributed by atoms with E-state index in [-0.39, 0.29) is 10.2 Å². The van der Waals surface area contributed by atoms with Crippen LogP contribution in [0.4, 0.5) is 0 Å². The zero-order valence-electron chi connectivity index (χ0n) is 16.5. The van der Waals surface area contributed by atoms with Crippen LogP contribution in [0.5, 0.6) is 0 Å². The maximum absolute atomic E-state index is 6.03. The van der Waals surface area contributed by atoms with Gasteiger partial charge in [-0.2, -0.15) is 0 Å². The van der Waals surface area contributed by atoms with Crippen LogP contribution in [-0.2, 0) is 18.6 Å². The molecule has 0 aliphatic carbocycles. The van der Waals surface area contributed by atoms with Crippen LogP contribution in [-0.4, -0.2) is 17.6 Å². The highest BCUT2D eigenvalue weighted by Gasteiger charge is 2.39. The lowest BCUT2D eigenvalue weighted by molar-refractivity contribution is -0.423. The Hall–Kier alpha value is -0.610. The minimum atomic E-state index is 0.123. The first kappa shape index (κ1) is 21.4. The predicted octanol–water partition coefficient (Wildman–Crippen LogP) is 3.96. The summed E-state index contributed by atoms with van der Waals surface area (Å²) in [4.78, 5) is 3.08. The molecule has 2 nitrogen and oxygen atoms in total. The molecule has 0 unspecified atom stereocenters. The van der Waals surface area contributed by atoms with E-state index in [0.29, 0.717) is 0 Å². The fraction of sp³-hybridized carbons (Fsp3) is 0.650. The second-order valence-corrected chi connectivity index (χ2v) is 10.5. The zero-order valence-corrected chi connectivity index (χ0v) is 18.1.